The smallest absolute Gasteiger partial charge is 0.120 e. The minimum absolute atomic E-state index is 0.761. The second-order valence-electron chi connectivity index (χ2n) is 4.49. The lowest BCUT2D eigenvalue weighted by Crippen LogP contribution is -2.12. The molecule has 0 aromatic heterocycles. The van der Waals surface area contributed by atoms with Crippen molar-refractivity contribution in [1.29, 1.82) is 0 Å². The Kier molecular flexibility index (Phi) is 6.60. The van der Waals surface area contributed by atoms with Crippen molar-refractivity contribution >= 4 is 15.9 Å². The van der Waals surface area contributed by atoms with E-state index in [2.05, 4.69) is 34.2 Å². The first-order chi connectivity index (χ1) is 8.17. The molecule has 1 unspecified atom stereocenters. The van der Waals surface area contributed by atoms with E-state index in [1.165, 1.54) is 18.4 Å². The van der Waals surface area contributed by atoms with Gasteiger partial charge in [0, 0.05) is 4.47 Å². The molecular weight excluding hydrogens is 278 g/mol. The zero-order valence-corrected chi connectivity index (χ0v) is 12.5. The monoisotopic (exact) mass is 299 g/mol. The second kappa shape index (κ2) is 7.72. The molecule has 0 spiro atoms. The molecule has 1 atom stereocenters. The van der Waals surface area contributed by atoms with Gasteiger partial charge in [-0.2, -0.15) is 0 Å². The van der Waals surface area contributed by atoms with Gasteiger partial charge in [-0.15, -0.1) is 0 Å². The Balaban J connectivity index is 2.46. The third kappa shape index (κ3) is 5.09. The summed E-state index contributed by atoms with van der Waals surface area (Å²) in [6, 6.07) is 6.21. The fraction of sp³-hybridized carbons (Fsp3) is 0.571. The summed E-state index contributed by atoms with van der Waals surface area (Å²) in [7, 11) is 3.70. The molecule has 0 heterocycles. The lowest BCUT2D eigenvalue weighted by molar-refractivity contribution is 0.414. The largest absolute Gasteiger partial charge is 0.497 e. The van der Waals surface area contributed by atoms with Crippen molar-refractivity contribution in [3.05, 3.63) is 28.2 Å². The average Bonchev–Trinajstić information content (AvgIpc) is 2.34. The van der Waals surface area contributed by atoms with Crippen molar-refractivity contribution < 1.29 is 4.74 Å². The van der Waals surface area contributed by atoms with Gasteiger partial charge in [-0.3, -0.25) is 0 Å². The molecule has 0 radical (unpaired) electrons. The van der Waals surface area contributed by atoms with Gasteiger partial charge in [0.15, 0.2) is 0 Å². The Hall–Kier alpha value is -0.540. The minimum Gasteiger partial charge on any atom is -0.497 e. The number of hydrogen-bond acceptors (Lipinski definition) is 2. The first-order valence-electron chi connectivity index (χ1n) is 6.14. The van der Waals surface area contributed by atoms with Crippen LogP contribution in [0, 0.1) is 5.92 Å². The Morgan fingerprint density at radius 1 is 1.35 bits per heavy atom. The molecule has 0 aliphatic carbocycles. The second-order valence-corrected chi connectivity index (χ2v) is 5.35. The Bertz CT molecular complexity index is 341. The van der Waals surface area contributed by atoms with Crippen LogP contribution >= 0.6 is 15.9 Å². The number of halogens is 1. The quantitative estimate of drug-likeness (QED) is 0.830. The predicted octanol–water partition coefficient (Wildman–Crippen LogP) is 3.64. The minimum atomic E-state index is 0.761. The van der Waals surface area contributed by atoms with Crippen LogP contribution in [0.3, 0.4) is 0 Å². The molecule has 0 saturated carbocycles. The van der Waals surface area contributed by atoms with E-state index in [0.717, 1.165) is 29.1 Å². The molecule has 0 aliphatic heterocycles. The van der Waals surface area contributed by atoms with Gasteiger partial charge in [0.05, 0.1) is 7.11 Å². The molecule has 1 N–H and O–H groups in total. The Morgan fingerprint density at radius 3 is 2.71 bits per heavy atom. The summed E-state index contributed by atoms with van der Waals surface area (Å²) < 4.78 is 6.34. The van der Waals surface area contributed by atoms with Crippen LogP contribution in [0.1, 0.15) is 25.3 Å². The van der Waals surface area contributed by atoms with Crippen LogP contribution in [0.5, 0.6) is 5.75 Å². The number of hydrogen-bond donors (Lipinski definition) is 1. The molecule has 1 aromatic carbocycles. The van der Waals surface area contributed by atoms with E-state index in [4.69, 9.17) is 4.74 Å². The van der Waals surface area contributed by atoms with E-state index >= 15 is 0 Å². The van der Waals surface area contributed by atoms with Crippen LogP contribution < -0.4 is 10.1 Å². The standard InChI is InChI=1S/C14H22BrNO/c1-11(8-9-16-2)4-5-12-6-7-13(17-3)10-14(12)15/h6-7,10-11,16H,4-5,8-9H2,1-3H3. The predicted molar refractivity (Wildman–Crippen MR) is 76.7 cm³/mol. The highest BCUT2D eigenvalue weighted by atomic mass is 79.9. The van der Waals surface area contributed by atoms with Crippen molar-refractivity contribution in [3.8, 4) is 5.75 Å². The maximum absolute atomic E-state index is 5.19. The van der Waals surface area contributed by atoms with Gasteiger partial charge in [0.25, 0.3) is 0 Å². The zero-order chi connectivity index (χ0) is 12.7. The van der Waals surface area contributed by atoms with E-state index in [0.29, 0.717) is 0 Å². The van der Waals surface area contributed by atoms with Crippen LogP contribution in [0.15, 0.2) is 22.7 Å². The highest BCUT2D eigenvalue weighted by Gasteiger charge is 2.05. The third-order valence-corrected chi connectivity index (χ3v) is 3.79. The third-order valence-electron chi connectivity index (χ3n) is 3.05. The number of methoxy groups -OCH3 is 1. The van der Waals surface area contributed by atoms with Crippen LogP contribution in [0.2, 0.25) is 0 Å². The molecule has 0 saturated heterocycles. The van der Waals surface area contributed by atoms with E-state index in [1.807, 2.05) is 19.2 Å². The summed E-state index contributed by atoms with van der Waals surface area (Å²) in [4.78, 5) is 0. The van der Waals surface area contributed by atoms with Gasteiger partial charge in [-0.05, 0) is 56.5 Å². The summed E-state index contributed by atoms with van der Waals surface area (Å²) in [5, 5.41) is 3.20. The van der Waals surface area contributed by atoms with Crippen molar-refractivity contribution in [2.24, 2.45) is 5.92 Å². The first kappa shape index (κ1) is 14.5. The van der Waals surface area contributed by atoms with Crippen molar-refractivity contribution in [2.45, 2.75) is 26.2 Å². The fourth-order valence-electron chi connectivity index (χ4n) is 1.79. The van der Waals surface area contributed by atoms with Crippen LogP contribution in [-0.2, 0) is 6.42 Å². The van der Waals surface area contributed by atoms with E-state index in [-0.39, 0.29) is 0 Å². The Labute approximate surface area is 113 Å². The molecule has 0 amide bonds. The molecule has 0 bridgehead atoms. The van der Waals surface area contributed by atoms with E-state index in [9.17, 15) is 0 Å². The summed E-state index contributed by atoms with van der Waals surface area (Å²) in [6.45, 7) is 3.42. The summed E-state index contributed by atoms with van der Waals surface area (Å²) in [5.41, 5.74) is 1.36. The zero-order valence-electron chi connectivity index (χ0n) is 10.9. The van der Waals surface area contributed by atoms with Crippen molar-refractivity contribution in [3.63, 3.8) is 0 Å². The van der Waals surface area contributed by atoms with E-state index in [1.54, 1.807) is 7.11 Å². The lowest BCUT2D eigenvalue weighted by Gasteiger charge is -2.12. The molecular formula is C14H22BrNO. The maximum Gasteiger partial charge on any atom is 0.120 e. The average molecular weight is 300 g/mol. The van der Waals surface area contributed by atoms with Gasteiger partial charge in [-0.25, -0.2) is 0 Å². The molecule has 3 heteroatoms. The van der Waals surface area contributed by atoms with Gasteiger partial charge < -0.3 is 10.1 Å². The molecule has 1 rings (SSSR count). The lowest BCUT2D eigenvalue weighted by atomic mass is 9.98. The number of nitrogens with one attached hydrogen (secondary N) is 1. The summed E-state index contributed by atoms with van der Waals surface area (Å²) in [5.74, 6) is 1.67. The number of benzene rings is 1. The van der Waals surface area contributed by atoms with Gasteiger partial charge >= 0.3 is 0 Å². The van der Waals surface area contributed by atoms with Crippen molar-refractivity contribution in [2.75, 3.05) is 20.7 Å². The molecule has 2 nitrogen and oxygen atoms in total. The molecule has 96 valence electrons. The fourth-order valence-corrected chi connectivity index (χ4v) is 2.35. The summed E-state index contributed by atoms with van der Waals surface area (Å²) in [6.07, 6.45) is 3.59. The van der Waals surface area contributed by atoms with Gasteiger partial charge in [0.2, 0.25) is 0 Å². The normalized spacial score (nSPS) is 12.5. The van der Waals surface area contributed by atoms with Gasteiger partial charge in [0.1, 0.15) is 5.75 Å². The number of rotatable bonds is 7. The molecule has 0 aliphatic rings. The van der Waals surface area contributed by atoms with Crippen LogP contribution in [-0.4, -0.2) is 20.7 Å². The van der Waals surface area contributed by atoms with Crippen LogP contribution in [0.4, 0.5) is 0 Å². The first-order valence-corrected chi connectivity index (χ1v) is 6.93. The van der Waals surface area contributed by atoms with Crippen LogP contribution in [0.25, 0.3) is 0 Å². The number of aryl methyl sites for hydroxylation is 1. The van der Waals surface area contributed by atoms with Gasteiger partial charge in [-0.1, -0.05) is 28.9 Å². The molecule has 0 fully saturated rings. The highest BCUT2D eigenvalue weighted by molar-refractivity contribution is 9.10. The molecule has 17 heavy (non-hydrogen) atoms. The SMILES string of the molecule is CNCCC(C)CCc1ccc(OC)cc1Br. The van der Waals surface area contributed by atoms with Crippen molar-refractivity contribution in [1.82, 2.24) is 5.32 Å². The Morgan fingerprint density at radius 2 is 2.12 bits per heavy atom. The topological polar surface area (TPSA) is 21.3 Å². The number of ether oxygens (including phenoxy) is 1. The molecule has 1 aromatic rings. The van der Waals surface area contributed by atoms with E-state index < -0.39 is 0 Å². The highest BCUT2D eigenvalue weighted by Crippen LogP contribution is 2.25. The maximum atomic E-state index is 5.19. The summed E-state index contributed by atoms with van der Waals surface area (Å²) >= 11 is 3.60.